The minimum atomic E-state index is 0.972. The van der Waals surface area contributed by atoms with Crippen LogP contribution >= 0.6 is 0 Å². The molecule has 0 N–H and O–H groups in total. The normalized spacial score (nSPS) is 21.6. The van der Waals surface area contributed by atoms with Crippen molar-refractivity contribution in [1.82, 2.24) is 5.32 Å². The summed E-state index contributed by atoms with van der Waals surface area (Å²) in [5, 5.41) is 4.19. The zero-order valence-electron chi connectivity index (χ0n) is 4.65. The van der Waals surface area contributed by atoms with Crippen LogP contribution in [0.15, 0.2) is 11.6 Å². The van der Waals surface area contributed by atoms with Gasteiger partial charge in [0, 0.05) is 13.1 Å². The molecule has 0 amide bonds. The lowest BCUT2D eigenvalue weighted by atomic mass is 10.2. The number of rotatable bonds is 0. The van der Waals surface area contributed by atoms with Gasteiger partial charge >= 0.3 is 0 Å². The molecule has 0 aromatic carbocycles. The first kappa shape index (κ1) is 4.85. The van der Waals surface area contributed by atoms with Gasteiger partial charge in [-0.25, -0.2) is 5.32 Å². The Morgan fingerprint density at radius 2 is 2.57 bits per heavy atom. The van der Waals surface area contributed by atoms with Gasteiger partial charge in [-0.3, -0.25) is 0 Å². The molecule has 0 aromatic heterocycles. The molecule has 0 spiro atoms. The molecule has 7 heavy (non-hydrogen) atoms. The molecule has 39 valence electrons. The second kappa shape index (κ2) is 2.12. The van der Waals surface area contributed by atoms with E-state index in [0.717, 1.165) is 19.5 Å². The van der Waals surface area contributed by atoms with E-state index < -0.39 is 0 Å². The van der Waals surface area contributed by atoms with E-state index in [4.69, 9.17) is 0 Å². The van der Waals surface area contributed by atoms with Gasteiger partial charge < -0.3 is 0 Å². The molecule has 0 aliphatic carbocycles. The molecule has 1 radical (unpaired) electrons. The van der Waals surface area contributed by atoms with Crippen LogP contribution in [0.4, 0.5) is 0 Å². The lowest BCUT2D eigenvalue weighted by molar-refractivity contribution is 0.688. The highest BCUT2D eigenvalue weighted by Gasteiger charge is 1.95. The number of hydrogen-bond acceptors (Lipinski definition) is 0. The van der Waals surface area contributed by atoms with Crippen LogP contribution in [0.3, 0.4) is 0 Å². The smallest absolute Gasteiger partial charge is 0.0341 e. The molecule has 1 rings (SSSR count). The summed E-state index contributed by atoms with van der Waals surface area (Å²) in [4.78, 5) is 0. The van der Waals surface area contributed by atoms with Crippen molar-refractivity contribution in [1.29, 1.82) is 0 Å². The van der Waals surface area contributed by atoms with Crippen molar-refractivity contribution in [3.8, 4) is 0 Å². The Morgan fingerprint density at radius 1 is 1.71 bits per heavy atom. The molecule has 1 aliphatic rings. The Kier molecular flexibility index (Phi) is 1.47. The molecule has 0 unspecified atom stereocenters. The van der Waals surface area contributed by atoms with E-state index in [9.17, 15) is 0 Å². The van der Waals surface area contributed by atoms with Crippen molar-refractivity contribution in [2.75, 3.05) is 13.1 Å². The van der Waals surface area contributed by atoms with Crippen molar-refractivity contribution >= 4 is 0 Å². The molecule has 1 nitrogen and oxygen atoms in total. The molecule has 0 fully saturated rings. The van der Waals surface area contributed by atoms with Crippen LogP contribution in [0.1, 0.15) is 13.3 Å². The first-order valence-corrected chi connectivity index (χ1v) is 2.68. The summed E-state index contributed by atoms with van der Waals surface area (Å²) < 4.78 is 0. The van der Waals surface area contributed by atoms with E-state index in [-0.39, 0.29) is 0 Å². The van der Waals surface area contributed by atoms with Gasteiger partial charge in [0.2, 0.25) is 0 Å². The maximum atomic E-state index is 4.19. The van der Waals surface area contributed by atoms with Crippen molar-refractivity contribution in [2.45, 2.75) is 13.3 Å². The first-order valence-electron chi connectivity index (χ1n) is 2.68. The summed E-state index contributed by atoms with van der Waals surface area (Å²) in [5.41, 5.74) is 1.42. The van der Waals surface area contributed by atoms with Gasteiger partial charge in [0.1, 0.15) is 0 Å². The van der Waals surface area contributed by atoms with Gasteiger partial charge in [-0.1, -0.05) is 11.6 Å². The van der Waals surface area contributed by atoms with Crippen LogP contribution in [0.5, 0.6) is 0 Å². The molecule has 1 aliphatic heterocycles. The maximum absolute atomic E-state index is 4.19. The molecule has 0 aromatic rings. The molecule has 0 saturated heterocycles. The summed E-state index contributed by atoms with van der Waals surface area (Å²) in [6, 6.07) is 0. The van der Waals surface area contributed by atoms with E-state index in [2.05, 4.69) is 18.3 Å². The summed E-state index contributed by atoms with van der Waals surface area (Å²) in [5.74, 6) is 0. The third kappa shape index (κ3) is 1.32. The predicted molar refractivity (Wildman–Crippen MR) is 30.2 cm³/mol. The topological polar surface area (TPSA) is 14.1 Å². The van der Waals surface area contributed by atoms with Crippen molar-refractivity contribution in [3.05, 3.63) is 11.6 Å². The Labute approximate surface area is 44.4 Å². The monoisotopic (exact) mass is 96.1 g/mol. The van der Waals surface area contributed by atoms with Gasteiger partial charge in [-0.05, 0) is 13.3 Å². The Morgan fingerprint density at radius 3 is 2.86 bits per heavy atom. The van der Waals surface area contributed by atoms with Gasteiger partial charge in [0.05, 0.1) is 0 Å². The average molecular weight is 96.2 g/mol. The van der Waals surface area contributed by atoms with E-state index in [0.29, 0.717) is 0 Å². The minimum absolute atomic E-state index is 0.972. The van der Waals surface area contributed by atoms with Crippen LogP contribution in [-0.2, 0) is 0 Å². The molecule has 0 bridgehead atoms. The first-order chi connectivity index (χ1) is 3.39. The maximum Gasteiger partial charge on any atom is 0.0341 e. The van der Waals surface area contributed by atoms with E-state index in [1.807, 2.05) is 0 Å². The molecule has 0 atom stereocenters. The second-order valence-electron chi connectivity index (χ2n) is 1.94. The van der Waals surface area contributed by atoms with Crippen LogP contribution in [0, 0.1) is 0 Å². The predicted octanol–water partition coefficient (Wildman–Crippen LogP) is 0.941. The van der Waals surface area contributed by atoms with Crippen LogP contribution < -0.4 is 5.32 Å². The van der Waals surface area contributed by atoms with Crippen LogP contribution in [0.25, 0.3) is 0 Å². The van der Waals surface area contributed by atoms with Gasteiger partial charge in [0.25, 0.3) is 0 Å². The fourth-order valence-corrected chi connectivity index (χ4v) is 0.722. The highest BCUT2D eigenvalue weighted by molar-refractivity contribution is 5.02. The lowest BCUT2D eigenvalue weighted by Crippen LogP contribution is -2.13. The SMILES string of the molecule is CC1=CCC[N]C1. The van der Waals surface area contributed by atoms with Crippen LogP contribution in [-0.4, -0.2) is 13.1 Å². The Balaban J connectivity index is 2.40. The summed E-state index contributed by atoms with van der Waals surface area (Å²) in [7, 11) is 0. The zero-order valence-corrected chi connectivity index (χ0v) is 4.65. The third-order valence-corrected chi connectivity index (χ3v) is 1.14. The van der Waals surface area contributed by atoms with Crippen molar-refractivity contribution < 1.29 is 0 Å². The van der Waals surface area contributed by atoms with E-state index in [1.165, 1.54) is 5.57 Å². The minimum Gasteiger partial charge on any atom is -0.237 e. The molecule has 0 saturated carbocycles. The van der Waals surface area contributed by atoms with Crippen molar-refractivity contribution in [3.63, 3.8) is 0 Å². The largest absolute Gasteiger partial charge is 0.237 e. The fourth-order valence-electron chi connectivity index (χ4n) is 0.722. The Bertz CT molecular complexity index is 84.2. The highest BCUT2D eigenvalue weighted by atomic mass is 14.9. The van der Waals surface area contributed by atoms with Crippen molar-refractivity contribution in [2.24, 2.45) is 0 Å². The van der Waals surface area contributed by atoms with Gasteiger partial charge in [-0.2, -0.15) is 0 Å². The lowest BCUT2D eigenvalue weighted by Gasteiger charge is -2.06. The highest BCUT2D eigenvalue weighted by Crippen LogP contribution is 1.98. The fraction of sp³-hybridized carbons (Fsp3) is 0.667. The summed E-state index contributed by atoms with van der Waals surface area (Å²) in [6.45, 7) is 4.14. The summed E-state index contributed by atoms with van der Waals surface area (Å²) in [6.07, 6.45) is 3.42. The Hall–Kier alpha value is -0.300. The van der Waals surface area contributed by atoms with Crippen LogP contribution in [0.2, 0.25) is 0 Å². The van der Waals surface area contributed by atoms with E-state index in [1.54, 1.807) is 0 Å². The zero-order chi connectivity index (χ0) is 5.11. The molecule has 1 heteroatoms. The second-order valence-corrected chi connectivity index (χ2v) is 1.94. The average Bonchev–Trinajstić information content (AvgIpc) is 1.69. The quantitative estimate of drug-likeness (QED) is 0.398. The molecular formula is C6H10N. The summed E-state index contributed by atoms with van der Waals surface area (Å²) >= 11 is 0. The molecular weight excluding hydrogens is 86.1 g/mol. The standard InChI is InChI=1S/C6H10N/c1-6-3-2-4-7-5-6/h3H,2,4-5H2,1H3. The van der Waals surface area contributed by atoms with E-state index >= 15 is 0 Å². The number of hydrogen-bond donors (Lipinski definition) is 0. The number of nitrogens with zero attached hydrogens (tertiary/aromatic N) is 1. The molecule has 1 heterocycles. The van der Waals surface area contributed by atoms with Gasteiger partial charge in [0.15, 0.2) is 0 Å². The van der Waals surface area contributed by atoms with Gasteiger partial charge in [-0.15, -0.1) is 0 Å². The third-order valence-electron chi connectivity index (χ3n) is 1.14.